The molecule has 1 heterocycles. The number of hydrogen-bond donors (Lipinski definition) is 1. The van der Waals surface area contributed by atoms with Gasteiger partial charge >= 0.3 is 0 Å². The van der Waals surface area contributed by atoms with Crippen molar-refractivity contribution in [2.75, 3.05) is 39.5 Å². The SMILES string of the molecule is Cc1cc(Cl)cc(Cl)c1OCCOCC[NH+]1C[C@H](C)O[C@@H](C)C1. The minimum Gasteiger partial charge on any atom is -0.489 e. The van der Waals surface area contributed by atoms with Gasteiger partial charge in [0.15, 0.2) is 0 Å². The fraction of sp³-hybridized carbons (Fsp3) is 0.647. The Labute approximate surface area is 148 Å². The molecule has 0 aliphatic carbocycles. The molecule has 1 aromatic rings. The Morgan fingerprint density at radius 1 is 1.13 bits per heavy atom. The van der Waals surface area contributed by atoms with Crippen LogP contribution in [0.5, 0.6) is 5.75 Å². The molecule has 1 aliphatic rings. The highest BCUT2D eigenvalue weighted by molar-refractivity contribution is 6.35. The number of hydrogen-bond acceptors (Lipinski definition) is 3. The molecular weight excluding hydrogens is 337 g/mol. The van der Waals surface area contributed by atoms with Crippen molar-refractivity contribution in [3.8, 4) is 5.75 Å². The second-order valence-electron chi connectivity index (χ2n) is 6.16. The van der Waals surface area contributed by atoms with E-state index in [4.69, 9.17) is 37.4 Å². The Balaban J connectivity index is 1.63. The monoisotopic (exact) mass is 362 g/mol. The van der Waals surface area contributed by atoms with Crippen molar-refractivity contribution in [3.05, 3.63) is 27.7 Å². The summed E-state index contributed by atoms with van der Waals surface area (Å²) in [5.41, 5.74) is 0.934. The van der Waals surface area contributed by atoms with Crippen molar-refractivity contribution in [3.63, 3.8) is 0 Å². The normalized spacial score (nSPS) is 24.7. The summed E-state index contributed by atoms with van der Waals surface area (Å²) in [6.45, 7) is 11.0. The van der Waals surface area contributed by atoms with Gasteiger partial charge in [0.05, 0.1) is 18.2 Å². The summed E-state index contributed by atoms with van der Waals surface area (Å²) in [7, 11) is 0. The molecule has 1 aromatic carbocycles. The van der Waals surface area contributed by atoms with Crippen LogP contribution in [0.3, 0.4) is 0 Å². The summed E-state index contributed by atoms with van der Waals surface area (Å²) < 4.78 is 17.1. The first-order valence-corrected chi connectivity index (χ1v) is 8.86. The first-order valence-electron chi connectivity index (χ1n) is 8.11. The van der Waals surface area contributed by atoms with Crippen LogP contribution in [0.2, 0.25) is 10.0 Å². The number of morpholine rings is 1. The lowest BCUT2D eigenvalue weighted by Gasteiger charge is -2.32. The number of halogens is 2. The molecule has 1 fully saturated rings. The quantitative estimate of drug-likeness (QED) is 0.755. The van der Waals surface area contributed by atoms with E-state index >= 15 is 0 Å². The van der Waals surface area contributed by atoms with Crippen molar-refractivity contribution in [1.29, 1.82) is 0 Å². The van der Waals surface area contributed by atoms with Crippen LogP contribution in [0.15, 0.2) is 12.1 Å². The van der Waals surface area contributed by atoms with E-state index in [0.717, 1.165) is 31.8 Å². The standard InChI is InChI=1S/C17H25Cl2NO3/c1-12-8-15(18)9-16(19)17(12)22-7-6-21-5-4-20-10-13(2)23-14(3)11-20/h8-9,13-14H,4-7,10-11H2,1-3H3/p+1/t13-,14-/m0/s1. The van der Waals surface area contributed by atoms with Gasteiger partial charge in [-0.2, -0.15) is 0 Å². The van der Waals surface area contributed by atoms with Crippen LogP contribution in [0.4, 0.5) is 0 Å². The molecule has 4 nitrogen and oxygen atoms in total. The summed E-state index contributed by atoms with van der Waals surface area (Å²) in [6, 6.07) is 3.53. The second kappa shape index (κ2) is 9.09. The minimum atomic E-state index is 0.326. The zero-order valence-corrected chi connectivity index (χ0v) is 15.5. The predicted octanol–water partition coefficient (Wildman–Crippen LogP) is 2.39. The first-order chi connectivity index (χ1) is 11.0. The fourth-order valence-corrected chi connectivity index (χ4v) is 3.64. The number of rotatable bonds is 7. The molecule has 0 spiro atoms. The minimum absolute atomic E-state index is 0.326. The highest BCUT2D eigenvalue weighted by atomic mass is 35.5. The van der Waals surface area contributed by atoms with Gasteiger partial charge < -0.3 is 19.1 Å². The van der Waals surface area contributed by atoms with E-state index in [1.807, 2.05) is 13.0 Å². The maximum Gasteiger partial charge on any atom is 0.141 e. The van der Waals surface area contributed by atoms with E-state index in [1.165, 1.54) is 4.90 Å². The highest BCUT2D eigenvalue weighted by Gasteiger charge is 2.24. The van der Waals surface area contributed by atoms with Crippen molar-refractivity contribution in [1.82, 2.24) is 0 Å². The van der Waals surface area contributed by atoms with Crippen molar-refractivity contribution < 1.29 is 19.1 Å². The number of benzene rings is 1. The van der Waals surface area contributed by atoms with E-state index in [9.17, 15) is 0 Å². The Bertz CT molecular complexity index is 480. The molecule has 0 radical (unpaired) electrons. The lowest BCUT2D eigenvalue weighted by molar-refractivity contribution is -0.915. The Kier molecular flexibility index (Phi) is 7.44. The van der Waals surface area contributed by atoms with Gasteiger partial charge in [0.25, 0.3) is 0 Å². The zero-order chi connectivity index (χ0) is 16.8. The van der Waals surface area contributed by atoms with E-state index in [1.54, 1.807) is 6.07 Å². The van der Waals surface area contributed by atoms with Gasteiger partial charge in [-0.05, 0) is 38.5 Å². The van der Waals surface area contributed by atoms with Gasteiger partial charge in [-0.1, -0.05) is 23.2 Å². The summed E-state index contributed by atoms with van der Waals surface area (Å²) in [5.74, 6) is 0.682. The number of nitrogens with one attached hydrogen (secondary N) is 1. The van der Waals surface area contributed by atoms with E-state index in [-0.39, 0.29) is 0 Å². The van der Waals surface area contributed by atoms with Gasteiger partial charge in [0, 0.05) is 5.02 Å². The van der Waals surface area contributed by atoms with Crippen LogP contribution in [0.1, 0.15) is 19.4 Å². The maximum absolute atomic E-state index is 6.14. The van der Waals surface area contributed by atoms with Crippen LogP contribution >= 0.6 is 23.2 Å². The summed E-state index contributed by atoms with van der Waals surface area (Å²) >= 11 is 12.1. The van der Waals surface area contributed by atoms with Gasteiger partial charge in [-0.25, -0.2) is 0 Å². The Morgan fingerprint density at radius 3 is 2.48 bits per heavy atom. The third-order valence-electron chi connectivity index (χ3n) is 3.88. The molecule has 1 N–H and O–H groups in total. The third kappa shape index (κ3) is 6.12. The van der Waals surface area contributed by atoms with Crippen molar-refractivity contribution in [2.45, 2.75) is 33.0 Å². The molecule has 2 atom stereocenters. The van der Waals surface area contributed by atoms with Crippen molar-refractivity contribution in [2.24, 2.45) is 0 Å². The molecule has 0 amide bonds. The molecule has 1 aliphatic heterocycles. The molecule has 130 valence electrons. The average molecular weight is 363 g/mol. The van der Waals surface area contributed by atoms with Gasteiger partial charge in [-0.15, -0.1) is 0 Å². The smallest absolute Gasteiger partial charge is 0.141 e. The fourth-order valence-electron chi connectivity index (χ4n) is 2.99. The van der Waals surface area contributed by atoms with Gasteiger partial charge in [-0.3, -0.25) is 0 Å². The zero-order valence-electron chi connectivity index (χ0n) is 14.0. The second-order valence-corrected chi connectivity index (χ2v) is 7.00. The van der Waals surface area contributed by atoms with E-state index in [2.05, 4.69) is 13.8 Å². The van der Waals surface area contributed by atoms with Crippen LogP contribution in [-0.2, 0) is 9.47 Å². The van der Waals surface area contributed by atoms with Gasteiger partial charge in [0.1, 0.15) is 44.2 Å². The Morgan fingerprint density at radius 2 is 1.83 bits per heavy atom. The largest absolute Gasteiger partial charge is 0.489 e. The molecule has 23 heavy (non-hydrogen) atoms. The topological polar surface area (TPSA) is 32.1 Å². The molecule has 2 rings (SSSR count). The average Bonchev–Trinajstić information content (AvgIpc) is 2.43. The van der Waals surface area contributed by atoms with E-state index < -0.39 is 0 Å². The summed E-state index contributed by atoms with van der Waals surface area (Å²) in [5, 5.41) is 1.16. The molecule has 0 aromatic heterocycles. The lowest BCUT2D eigenvalue weighted by atomic mass is 10.2. The van der Waals surface area contributed by atoms with Gasteiger partial charge in [0.2, 0.25) is 0 Å². The van der Waals surface area contributed by atoms with Crippen LogP contribution in [-0.4, -0.2) is 51.7 Å². The lowest BCUT2D eigenvalue weighted by Crippen LogP contribution is -3.15. The summed E-state index contributed by atoms with van der Waals surface area (Å²) in [4.78, 5) is 1.54. The summed E-state index contributed by atoms with van der Waals surface area (Å²) in [6.07, 6.45) is 0.652. The molecule has 0 saturated carbocycles. The van der Waals surface area contributed by atoms with Crippen LogP contribution in [0.25, 0.3) is 0 Å². The number of quaternary nitrogens is 1. The molecular formula is C17H26Cl2NO3+. The van der Waals surface area contributed by atoms with Crippen molar-refractivity contribution >= 4 is 23.2 Å². The maximum atomic E-state index is 6.14. The highest BCUT2D eigenvalue weighted by Crippen LogP contribution is 2.31. The van der Waals surface area contributed by atoms with Crippen LogP contribution in [0, 0.1) is 6.92 Å². The molecule has 0 unspecified atom stereocenters. The first kappa shape index (κ1) is 18.8. The number of aryl methyl sites for hydroxylation is 1. The third-order valence-corrected chi connectivity index (χ3v) is 4.38. The molecule has 1 saturated heterocycles. The Hall–Kier alpha value is -0.520. The van der Waals surface area contributed by atoms with E-state index in [0.29, 0.717) is 41.2 Å². The molecule has 6 heteroatoms. The molecule has 0 bridgehead atoms. The predicted molar refractivity (Wildman–Crippen MR) is 93.1 cm³/mol. The number of ether oxygens (including phenoxy) is 3. The van der Waals surface area contributed by atoms with Crippen LogP contribution < -0.4 is 9.64 Å².